The molecule has 1 fully saturated rings. The third kappa shape index (κ3) is 3.47. The second-order valence-electron chi connectivity index (χ2n) is 4.54. The summed E-state index contributed by atoms with van der Waals surface area (Å²) in [5, 5.41) is 0. The zero-order chi connectivity index (χ0) is 12.8. The first kappa shape index (κ1) is 12.9. The molecule has 1 aliphatic rings. The number of ether oxygens (including phenoxy) is 1. The summed E-state index contributed by atoms with van der Waals surface area (Å²) in [5.41, 5.74) is 1.26. The number of likely N-dealkylation sites (N-methyl/N-ethyl adjacent to an activating group) is 1. The standard InChI is InChI=1S/C14H20N2O2/c1-15(8-7-13-5-3-2-4-6-13)14(17)16-9-11-18-12-10-16/h2-6H,7-12H2,1H3. The molecule has 98 valence electrons. The molecule has 0 atom stereocenters. The average Bonchev–Trinajstić information content (AvgIpc) is 2.46. The molecule has 2 rings (SSSR count). The van der Waals surface area contributed by atoms with Gasteiger partial charge in [-0.3, -0.25) is 0 Å². The van der Waals surface area contributed by atoms with Crippen molar-refractivity contribution < 1.29 is 9.53 Å². The van der Waals surface area contributed by atoms with Crippen LogP contribution in [-0.2, 0) is 11.2 Å². The number of amides is 2. The Kier molecular flexibility index (Phi) is 4.59. The molecule has 0 spiro atoms. The van der Waals surface area contributed by atoms with Crippen LogP contribution in [-0.4, -0.2) is 55.7 Å². The predicted octanol–water partition coefficient (Wildman–Crippen LogP) is 1.61. The Balaban J connectivity index is 1.80. The van der Waals surface area contributed by atoms with Crippen molar-refractivity contribution in [2.75, 3.05) is 39.9 Å². The number of carbonyl (C=O) groups excluding carboxylic acids is 1. The van der Waals surface area contributed by atoms with E-state index in [1.165, 1.54) is 5.56 Å². The summed E-state index contributed by atoms with van der Waals surface area (Å²) in [6.45, 7) is 3.46. The molecule has 4 heteroatoms. The highest BCUT2D eigenvalue weighted by Gasteiger charge is 2.19. The molecule has 0 N–H and O–H groups in total. The molecule has 0 bridgehead atoms. The maximum Gasteiger partial charge on any atom is 0.319 e. The van der Waals surface area contributed by atoms with Crippen LogP contribution in [0.4, 0.5) is 4.79 Å². The fraction of sp³-hybridized carbons (Fsp3) is 0.500. The van der Waals surface area contributed by atoms with Crippen molar-refractivity contribution in [3.05, 3.63) is 35.9 Å². The lowest BCUT2D eigenvalue weighted by Gasteiger charge is -2.31. The molecule has 2 amide bonds. The van der Waals surface area contributed by atoms with Gasteiger partial charge in [-0.05, 0) is 12.0 Å². The maximum atomic E-state index is 12.1. The van der Waals surface area contributed by atoms with Gasteiger partial charge < -0.3 is 14.5 Å². The van der Waals surface area contributed by atoms with Gasteiger partial charge in [0.05, 0.1) is 13.2 Å². The minimum absolute atomic E-state index is 0.106. The largest absolute Gasteiger partial charge is 0.378 e. The summed E-state index contributed by atoms with van der Waals surface area (Å²) in [6, 6.07) is 10.3. The Labute approximate surface area is 108 Å². The maximum absolute atomic E-state index is 12.1. The van der Waals surface area contributed by atoms with Gasteiger partial charge in [0.15, 0.2) is 0 Å². The van der Waals surface area contributed by atoms with Gasteiger partial charge in [-0.15, -0.1) is 0 Å². The van der Waals surface area contributed by atoms with Crippen molar-refractivity contribution in [3.8, 4) is 0 Å². The molecular weight excluding hydrogens is 228 g/mol. The number of nitrogens with zero attached hydrogens (tertiary/aromatic N) is 2. The third-order valence-electron chi connectivity index (χ3n) is 3.19. The van der Waals surface area contributed by atoms with E-state index in [1.54, 1.807) is 4.90 Å². The number of hydrogen-bond donors (Lipinski definition) is 0. The van der Waals surface area contributed by atoms with Gasteiger partial charge in [0.25, 0.3) is 0 Å². The molecular formula is C14H20N2O2. The second kappa shape index (κ2) is 6.40. The van der Waals surface area contributed by atoms with Crippen molar-refractivity contribution in [1.29, 1.82) is 0 Å². The number of hydrogen-bond acceptors (Lipinski definition) is 2. The van der Waals surface area contributed by atoms with E-state index in [1.807, 2.05) is 30.1 Å². The molecule has 0 radical (unpaired) electrons. The van der Waals surface area contributed by atoms with E-state index in [2.05, 4.69) is 12.1 Å². The van der Waals surface area contributed by atoms with E-state index in [0.29, 0.717) is 26.3 Å². The van der Waals surface area contributed by atoms with Crippen LogP contribution < -0.4 is 0 Å². The molecule has 1 aliphatic heterocycles. The van der Waals surface area contributed by atoms with Gasteiger partial charge in [0.1, 0.15) is 0 Å². The molecule has 1 saturated heterocycles. The SMILES string of the molecule is CN(CCc1ccccc1)C(=O)N1CCOCC1. The van der Waals surface area contributed by atoms with Crippen molar-refractivity contribution in [2.24, 2.45) is 0 Å². The van der Waals surface area contributed by atoms with Crippen LogP contribution in [0.3, 0.4) is 0 Å². The van der Waals surface area contributed by atoms with E-state index in [0.717, 1.165) is 13.0 Å². The lowest BCUT2D eigenvalue weighted by atomic mass is 10.1. The summed E-state index contributed by atoms with van der Waals surface area (Å²) >= 11 is 0. The highest BCUT2D eigenvalue weighted by molar-refractivity contribution is 5.74. The Bertz CT molecular complexity index is 375. The van der Waals surface area contributed by atoms with Gasteiger partial charge in [0, 0.05) is 26.7 Å². The van der Waals surface area contributed by atoms with E-state index in [9.17, 15) is 4.79 Å². The van der Waals surface area contributed by atoms with Gasteiger partial charge in [-0.25, -0.2) is 4.79 Å². The van der Waals surface area contributed by atoms with Crippen LogP contribution in [0.25, 0.3) is 0 Å². The quantitative estimate of drug-likeness (QED) is 0.814. The first-order valence-corrected chi connectivity index (χ1v) is 6.39. The van der Waals surface area contributed by atoms with Gasteiger partial charge in [0.2, 0.25) is 0 Å². The van der Waals surface area contributed by atoms with E-state index < -0.39 is 0 Å². The predicted molar refractivity (Wildman–Crippen MR) is 70.6 cm³/mol. The van der Waals surface area contributed by atoms with Crippen LogP contribution in [0.1, 0.15) is 5.56 Å². The summed E-state index contributed by atoms with van der Waals surface area (Å²) in [6.07, 6.45) is 0.896. The smallest absolute Gasteiger partial charge is 0.319 e. The van der Waals surface area contributed by atoms with Crippen LogP contribution in [0.2, 0.25) is 0 Å². The van der Waals surface area contributed by atoms with E-state index in [-0.39, 0.29) is 6.03 Å². The third-order valence-corrected chi connectivity index (χ3v) is 3.19. The highest BCUT2D eigenvalue weighted by Crippen LogP contribution is 2.04. The molecule has 0 aliphatic carbocycles. The summed E-state index contributed by atoms with van der Waals surface area (Å²) in [5.74, 6) is 0. The number of urea groups is 1. The number of rotatable bonds is 3. The normalized spacial score (nSPS) is 15.5. The number of carbonyl (C=O) groups is 1. The summed E-state index contributed by atoms with van der Waals surface area (Å²) in [7, 11) is 1.86. The van der Waals surface area contributed by atoms with Crippen LogP contribution in [0.5, 0.6) is 0 Å². The molecule has 1 heterocycles. The summed E-state index contributed by atoms with van der Waals surface area (Å²) in [4.78, 5) is 15.8. The monoisotopic (exact) mass is 248 g/mol. The lowest BCUT2D eigenvalue weighted by Crippen LogP contribution is -2.47. The zero-order valence-corrected chi connectivity index (χ0v) is 10.8. The summed E-state index contributed by atoms with van der Waals surface area (Å²) < 4.78 is 5.25. The fourth-order valence-corrected chi connectivity index (χ4v) is 2.03. The topological polar surface area (TPSA) is 32.8 Å². The van der Waals surface area contributed by atoms with E-state index in [4.69, 9.17) is 4.74 Å². The van der Waals surface area contributed by atoms with E-state index >= 15 is 0 Å². The van der Waals surface area contributed by atoms with Crippen LogP contribution >= 0.6 is 0 Å². The van der Waals surface area contributed by atoms with Crippen molar-refractivity contribution in [1.82, 2.24) is 9.80 Å². The number of benzene rings is 1. The Hall–Kier alpha value is -1.55. The first-order valence-electron chi connectivity index (χ1n) is 6.39. The Morgan fingerprint density at radius 1 is 1.28 bits per heavy atom. The number of morpholine rings is 1. The van der Waals surface area contributed by atoms with Crippen molar-refractivity contribution in [2.45, 2.75) is 6.42 Å². The first-order chi connectivity index (χ1) is 8.77. The average molecular weight is 248 g/mol. The van der Waals surface area contributed by atoms with Crippen molar-refractivity contribution >= 4 is 6.03 Å². The van der Waals surface area contributed by atoms with Crippen LogP contribution in [0, 0.1) is 0 Å². The van der Waals surface area contributed by atoms with Gasteiger partial charge >= 0.3 is 6.03 Å². The minimum Gasteiger partial charge on any atom is -0.378 e. The molecule has 1 aromatic carbocycles. The molecule has 0 aromatic heterocycles. The molecule has 0 unspecified atom stereocenters. The van der Waals surface area contributed by atoms with Crippen LogP contribution in [0.15, 0.2) is 30.3 Å². The Morgan fingerprint density at radius 3 is 2.61 bits per heavy atom. The van der Waals surface area contributed by atoms with Gasteiger partial charge in [-0.2, -0.15) is 0 Å². The molecule has 0 saturated carbocycles. The molecule has 4 nitrogen and oxygen atoms in total. The van der Waals surface area contributed by atoms with Gasteiger partial charge in [-0.1, -0.05) is 30.3 Å². The lowest BCUT2D eigenvalue weighted by molar-refractivity contribution is 0.0454. The fourth-order valence-electron chi connectivity index (χ4n) is 2.03. The Morgan fingerprint density at radius 2 is 1.94 bits per heavy atom. The molecule has 18 heavy (non-hydrogen) atoms. The minimum atomic E-state index is 0.106. The second-order valence-corrected chi connectivity index (χ2v) is 4.54. The van der Waals surface area contributed by atoms with Crippen molar-refractivity contribution in [3.63, 3.8) is 0 Å². The molecule has 1 aromatic rings. The zero-order valence-electron chi connectivity index (χ0n) is 10.8. The highest BCUT2D eigenvalue weighted by atomic mass is 16.5.